The Bertz CT molecular complexity index is 1470. The number of benzene rings is 1. The summed E-state index contributed by atoms with van der Waals surface area (Å²) in [6, 6.07) is 4.30. The first-order valence-electron chi connectivity index (χ1n) is 13.6. The van der Waals surface area contributed by atoms with Crippen LogP contribution >= 0.6 is 0 Å². The minimum Gasteiger partial charge on any atom is -0.380 e. The van der Waals surface area contributed by atoms with E-state index in [1.165, 1.54) is 0 Å². The molecule has 1 unspecified atom stereocenters. The molecule has 40 heavy (non-hydrogen) atoms. The summed E-state index contributed by atoms with van der Waals surface area (Å²) in [5.74, 6) is -1.23. The predicted molar refractivity (Wildman–Crippen MR) is 150 cm³/mol. The molecule has 3 aliphatic rings. The molecule has 1 atom stereocenters. The van der Waals surface area contributed by atoms with Crippen LogP contribution in [0.1, 0.15) is 78.8 Å². The number of sulfonamides is 1. The highest BCUT2D eigenvalue weighted by Gasteiger charge is 2.45. The van der Waals surface area contributed by atoms with Gasteiger partial charge in [-0.2, -0.15) is 5.10 Å². The predicted octanol–water partition coefficient (Wildman–Crippen LogP) is 2.90. The molecule has 0 bridgehead atoms. The van der Waals surface area contributed by atoms with Gasteiger partial charge in [0.25, 0.3) is 11.8 Å². The quantitative estimate of drug-likeness (QED) is 0.491. The molecule has 1 aromatic heterocycles. The van der Waals surface area contributed by atoms with E-state index in [1.54, 1.807) is 28.7 Å². The highest BCUT2D eigenvalue weighted by Crippen LogP contribution is 2.33. The monoisotopic (exact) mass is 568 g/mol. The maximum absolute atomic E-state index is 13.3. The number of hydrogen-bond donors (Lipinski definition) is 2. The second-order valence-electron chi connectivity index (χ2n) is 12.0. The summed E-state index contributed by atoms with van der Waals surface area (Å²) >= 11 is 0. The summed E-state index contributed by atoms with van der Waals surface area (Å²) in [5, 5.41) is 10.4. The molecule has 0 saturated carbocycles. The summed E-state index contributed by atoms with van der Waals surface area (Å²) in [6.07, 6.45) is 5.89. The van der Waals surface area contributed by atoms with E-state index >= 15 is 0 Å². The summed E-state index contributed by atoms with van der Waals surface area (Å²) in [7, 11) is -3.30. The van der Waals surface area contributed by atoms with E-state index in [0.29, 0.717) is 56.7 Å². The van der Waals surface area contributed by atoms with Gasteiger partial charge in [-0.15, -0.1) is 0 Å². The van der Waals surface area contributed by atoms with Crippen molar-refractivity contribution in [1.29, 1.82) is 0 Å². The normalized spacial score (nSPS) is 21.1. The Balaban J connectivity index is 1.22. The molecule has 2 N–H and O–H groups in total. The summed E-state index contributed by atoms with van der Waals surface area (Å²) in [6.45, 7) is 10.8. The fraction of sp³-hybridized carbons (Fsp3) is 0.500. The largest absolute Gasteiger partial charge is 0.380 e. The SMILES string of the molecule is C=C1CCC(N2C(=O)c3cccc(NCc4cnn(C5CCN(S(=O)(=O)CC(C)(C)C)CC5)c4)c3C2=O)C(=O)N1. The maximum atomic E-state index is 13.3. The van der Waals surface area contributed by atoms with Crippen LogP contribution in [0.4, 0.5) is 5.69 Å². The van der Waals surface area contributed by atoms with Gasteiger partial charge in [0.05, 0.1) is 29.1 Å². The van der Waals surface area contributed by atoms with Crippen LogP contribution in [0, 0.1) is 5.41 Å². The lowest BCUT2D eigenvalue weighted by Gasteiger charge is -2.33. The van der Waals surface area contributed by atoms with Gasteiger partial charge in [-0.25, -0.2) is 12.7 Å². The Morgan fingerprint density at radius 1 is 1.10 bits per heavy atom. The zero-order chi connectivity index (χ0) is 28.8. The van der Waals surface area contributed by atoms with Crippen LogP contribution in [0.2, 0.25) is 0 Å². The van der Waals surface area contributed by atoms with Crippen LogP contribution < -0.4 is 10.6 Å². The maximum Gasteiger partial charge on any atom is 0.264 e. The number of carbonyl (C=O) groups excluding carboxylic acids is 3. The van der Waals surface area contributed by atoms with E-state index in [0.717, 1.165) is 10.5 Å². The van der Waals surface area contributed by atoms with Gasteiger partial charge in [-0.3, -0.25) is 24.0 Å². The Kier molecular flexibility index (Phi) is 7.34. The molecule has 0 radical (unpaired) electrons. The van der Waals surface area contributed by atoms with E-state index in [1.807, 2.05) is 31.6 Å². The van der Waals surface area contributed by atoms with E-state index < -0.39 is 33.8 Å². The molecule has 2 aromatic rings. The second-order valence-corrected chi connectivity index (χ2v) is 14.0. The molecule has 0 spiro atoms. The van der Waals surface area contributed by atoms with Crippen molar-refractivity contribution in [2.75, 3.05) is 24.2 Å². The van der Waals surface area contributed by atoms with Crippen LogP contribution in [-0.4, -0.2) is 70.0 Å². The molecular weight excluding hydrogens is 532 g/mol. The third kappa shape index (κ3) is 5.55. The van der Waals surface area contributed by atoms with Crippen LogP contribution in [0.5, 0.6) is 0 Å². The number of rotatable bonds is 7. The molecule has 1 aromatic carbocycles. The molecule has 2 saturated heterocycles. The van der Waals surface area contributed by atoms with E-state index in [2.05, 4.69) is 22.3 Å². The zero-order valence-electron chi connectivity index (χ0n) is 23.1. The van der Waals surface area contributed by atoms with Crippen molar-refractivity contribution in [2.45, 2.75) is 65.1 Å². The van der Waals surface area contributed by atoms with Crippen molar-refractivity contribution in [3.05, 3.63) is 59.6 Å². The van der Waals surface area contributed by atoms with E-state index in [9.17, 15) is 22.8 Å². The highest BCUT2D eigenvalue weighted by atomic mass is 32.2. The van der Waals surface area contributed by atoms with Gasteiger partial charge in [-0.05, 0) is 43.2 Å². The first-order valence-corrected chi connectivity index (χ1v) is 15.2. The number of nitrogens with zero attached hydrogens (tertiary/aromatic N) is 4. The van der Waals surface area contributed by atoms with Crippen molar-refractivity contribution >= 4 is 33.4 Å². The van der Waals surface area contributed by atoms with Crippen LogP contribution in [0.15, 0.2) is 42.9 Å². The second kappa shape index (κ2) is 10.5. The third-order valence-corrected chi connectivity index (χ3v) is 9.91. The number of carbonyl (C=O) groups is 3. The zero-order valence-corrected chi connectivity index (χ0v) is 24.0. The van der Waals surface area contributed by atoms with Crippen molar-refractivity contribution in [1.82, 2.24) is 24.3 Å². The summed E-state index contributed by atoms with van der Waals surface area (Å²) < 4.78 is 29.0. The molecule has 3 aliphatic heterocycles. The number of amides is 3. The molecule has 2 fully saturated rings. The van der Waals surface area contributed by atoms with E-state index in [-0.39, 0.29) is 28.3 Å². The average Bonchev–Trinajstić information content (AvgIpc) is 3.45. The van der Waals surface area contributed by atoms with Gasteiger partial charge in [0.1, 0.15) is 6.04 Å². The number of aromatic nitrogens is 2. The van der Waals surface area contributed by atoms with Crippen LogP contribution in [-0.2, 0) is 21.4 Å². The number of anilines is 1. The Morgan fingerprint density at radius 2 is 1.82 bits per heavy atom. The molecule has 4 heterocycles. The summed E-state index contributed by atoms with van der Waals surface area (Å²) in [5.41, 5.74) is 2.23. The van der Waals surface area contributed by atoms with Crippen molar-refractivity contribution in [2.24, 2.45) is 5.41 Å². The lowest BCUT2D eigenvalue weighted by Crippen LogP contribution is -2.51. The fourth-order valence-corrected chi connectivity index (χ4v) is 7.68. The fourth-order valence-electron chi connectivity index (χ4n) is 5.63. The van der Waals surface area contributed by atoms with E-state index in [4.69, 9.17) is 0 Å². The molecule has 3 amide bonds. The first-order chi connectivity index (χ1) is 18.8. The molecule has 12 heteroatoms. The number of nitrogens with one attached hydrogen (secondary N) is 2. The topological polar surface area (TPSA) is 134 Å². The lowest BCUT2D eigenvalue weighted by atomic mass is 10.0. The molecule has 11 nitrogen and oxygen atoms in total. The Hall–Kier alpha value is -3.51. The number of fused-ring (bicyclic) bond motifs is 1. The van der Waals surface area contributed by atoms with Crippen molar-refractivity contribution < 1.29 is 22.8 Å². The minimum absolute atomic E-state index is 0.0984. The Morgan fingerprint density at radius 3 is 2.50 bits per heavy atom. The number of allylic oxidation sites excluding steroid dienone is 1. The van der Waals surface area contributed by atoms with Gasteiger partial charge in [0, 0.05) is 42.8 Å². The first kappa shape index (κ1) is 28.0. The molecule has 5 rings (SSSR count). The lowest BCUT2D eigenvalue weighted by molar-refractivity contribution is -0.125. The standard InChI is InChI=1S/C28H36N6O5S/c1-18-8-9-23(25(35)31-18)34-26(36)21-6-5-7-22(24(21)27(34)37)29-14-19-15-30-33(16-19)20-10-12-32(13-11-20)40(38,39)17-28(2,3)4/h5-7,15-16,20,23,29H,1,8-14,17H2,2-4H3,(H,31,35). The number of hydrogen-bond acceptors (Lipinski definition) is 7. The van der Waals surface area contributed by atoms with Gasteiger partial charge in [0.2, 0.25) is 15.9 Å². The third-order valence-electron chi connectivity index (χ3n) is 7.52. The van der Waals surface area contributed by atoms with Crippen molar-refractivity contribution in [3.8, 4) is 0 Å². The van der Waals surface area contributed by atoms with Crippen LogP contribution in [0.25, 0.3) is 0 Å². The highest BCUT2D eigenvalue weighted by molar-refractivity contribution is 7.89. The number of imide groups is 1. The Labute approximate surface area is 234 Å². The smallest absolute Gasteiger partial charge is 0.264 e. The van der Waals surface area contributed by atoms with Gasteiger partial charge in [0.15, 0.2) is 0 Å². The minimum atomic E-state index is -3.30. The molecule has 214 valence electrons. The number of piperidine rings is 2. The van der Waals surface area contributed by atoms with Crippen LogP contribution in [0.3, 0.4) is 0 Å². The van der Waals surface area contributed by atoms with Gasteiger partial charge in [-0.1, -0.05) is 33.4 Å². The average molecular weight is 569 g/mol. The summed E-state index contributed by atoms with van der Waals surface area (Å²) in [4.78, 5) is 40.0. The van der Waals surface area contributed by atoms with Gasteiger partial charge < -0.3 is 10.6 Å². The van der Waals surface area contributed by atoms with Gasteiger partial charge >= 0.3 is 0 Å². The molecule has 0 aliphatic carbocycles. The van der Waals surface area contributed by atoms with Crippen molar-refractivity contribution in [3.63, 3.8) is 0 Å². The molecular formula is C28H36N6O5S.